The van der Waals surface area contributed by atoms with Gasteiger partial charge in [0.15, 0.2) is 0 Å². The molecule has 6 heteroatoms. The zero-order chi connectivity index (χ0) is 13.4. The first kappa shape index (κ1) is 15.9. The molecule has 1 aliphatic heterocycles. The van der Waals surface area contributed by atoms with Crippen LogP contribution in [0.25, 0.3) is 0 Å². The summed E-state index contributed by atoms with van der Waals surface area (Å²) in [5, 5.41) is 3.40. The summed E-state index contributed by atoms with van der Waals surface area (Å²) in [4.78, 5) is 0. The lowest BCUT2D eigenvalue weighted by molar-refractivity contribution is 0.163. The van der Waals surface area contributed by atoms with Crippen LogP contribution in [-0.4, -0.2) is 46.5 Å². The van der Waals surface area contributed by atoms with Gasteiger partial charge in [0.2, 0.25) is 10.0 Å². The molecule has 1 saturated heterocycles. The molecule has 0 aromatic rings. The van der Waals surface area contributed by atoms with Crippen LogP contribution in [0.2, 0.25) is 0 Å². The standard InChI is InChI=1S/C12H26N2O3S/c1-3-11-6-5-7-13-12(11)10-14-18(15,16)9-8-17-4-2/h11-14H,3-10H2,1-2H3. The third kappa shape index (κ3) is 5.65. The van der Waals surface area contributed by atoms with Crippen LogP contribution in [0.1, 0.15) is 33.1 Å². The molecule has 1 heterocycles. The lowest BCUT2D eigenvalue weighted by atomic mass is 9.89. The summed E-state index contributed by atoms with van der Waals surface area (Å²) < 4.78 is 31.2. The van der Waals surface area contributed by atoms with E-state index in [0.717, 1.165) is 13.0 Å². The van der Waals surface area contributed by atoms with Gasteiger partial charge >= 0.3 is 0 Å². The summed E-state index contributed by atoms with van der Waals surface area (Å²) in [6.07, 6.45) is 3.47. The molecule has 108 valence electrons. The average molecular weight is 278 g/mol. The summed E-state index contributed by atoms with van der Waals surface area (Å²) in [5.41, 5.74) is 0. The van der Waals surface area contributed by atoms with E-state index in [2.05, 4.69) is 17.0 Å². The predicted octanol–water partition coefficient (Wildman–Crippen LogP) is 0.721. The van der Waals surface area contributed by atoms with Crippen molar-refractivity contribution >= 4 is 10.0 Å². The van der Waals surface area contributed by atoms with Gasteiger partial charge in [-0.05, 0) is 32.2 Å². The summed E-state index contributed by atoms with van der Waals surface area (Å²) >= 11 is 0. The highest BCUT2D eigenvalue weighted by Crippen LogP contribution is 2.19. The van der Waals surface area contributed by atoms with Gasteiger partial charge in [-0.1, -0.05) is 13.3 Å². The molecule has 1 aliphatic rings. The van der Waals surface area contributed by atoms with Crippen LogP contribution in [0.5, 0.6) is 0 Å². The van der Waals surface area contributed by atoms with Crippen molar-refractivity contribution in [3.05, 3.63) is 0 Å². The average Bonchev–Trinajstić information content (AvgIpc) is 2.37. The molecule has 5 nitrogen and oxygen atoms in total. The van der Waals surface area contributed by atoms with E-state index in [1.54, 1.807) is 0 Å². The Morgan fingerprint density at radius 2 is 2.17 bits per heavy atom. The number of sulfonamides is 1. The zero-order valence-corrected chi connectivity index (χ0v) is 12.3. The molecule has 0 saturated carbocycles. The minimum absolute atomic E-state index is 0.0460. The summed E-state index contributed by atoms with van der Waals surface area (Å²) in [7, 11) is -3.20. The van der Waals surface area contributed by atoms with Gasteiger partial charge in [0.1, 0.15) is 0 Å². The maximum atomic E-state index is 11.7. The van der Waals surface area contributed by atoms with E-state index in [1.807, 2.05) is 6.92 Å². The van der Waals surface area contributed by atoms with Crippen LogP contribution in [0.15, 0.2) is 0 Å². The minimum atomic E-state index is -3.20. The van der Waals surface area contributed by atoms with Crippen LogP contribution in [0.3, 0.4) is 0 Å². The molecule has 1 rings (SSSR count). The molecule has 0 spiro atoms. The van der Waals surface area contributed by atoms with Crippen molar-refractivity contribution in [3.63, 3.8) is 0 Å². The van der Waals surface area contributed by atoms with E-state index < -0.39 is 10.0 Å². The lowest BCUT2D eigenvalue weighted by Crippen LogP contribution is -2.49. The molecule has 0 aromatic carbocycles. The van der Waals surface area contributed by atoms with E-state index >= 15 is 0 Å². The topological polar surface area (TPSA) is 67.4 Å². The van der Waals surface area contributed by atoms with Gasteiger partial charge in [-0.3, -0.25) is 0 Å². The Balaban J connectivity index is 2.33. The Bertz CT molecular complexity index is 319. The first-order valence-corrected chi connectivity index (χ1v) is 8.52. The minimum Gasteiger partial charge on any atom is -0.381 e. The zero-order valence-electron chi connectivity index (χ0n) is 11.4. The summed E-state index contributed by atoms with van der Waals surface area (Å²) in [6, 6.07) is 0.269. The molecule has 0 aliphatic carbocycles. The Kier molecular flexibility index (Phi) is 7.14. The Hall–Kier alpha value is -0.170. The van der Waals surface area contributed by atoms with Crippen molar-refractivity contribution < 1.29 is 13.2 Å². The normalized spacial score (nSPS) is 25.2. The molecule has 0 aromatic heterocycles. The smallest absolute Gasteiger partial charge is 0.213 e. The molecule has 2 atom stereocenters. The van der Waals surface area contributed by atoms with Crippen LogP contribution < -0.4 is 10.0 Å². The quantitative estimate of drug-likeness (QED) is 0.642. The van der Waals surface area contributed by atoms with Crippen LogP contribution in [0, 0.1) is 5.92 Å². The third-order valence-electron chi connectivity index (χ3n) is 3.48. The molecular formula is C12H26N2O3S. The maximum absolute atomic E-state index is 11.7. The van der Waals surface area contributed by atoms with E-state index in [-0.39, 0.29) is 18.4 Å². The van der Waals surface area contributed by atoms with E-state index in [0.29, 0.717) is 19.1 Å². The maximum Gasteiger partial charge on any atom is 0.213 e. The van der Waals surface area contributed by atoms with Gasteiger partial charge in [-0.2, -0.15) is 0 Å². The second kappa shape index (κ2) is 8.09. The van der Waals surface area contributed by atoms with Crippen LogP contribution in [-0.2, 0) is 14.8 Å². The third-order valence-corrected chi connectivity index (χ3v) is 4.79. The number of ether oxygens (including phenoxy) is 1. The first-order valence-electron chi connectivity index (χ1n) is 6.87. The highest BCUT2D eigenvalue weighted by atomic mass is 32.2. The predicted molar refractivity (Wildman–Crippen MR) is 73.1 cm³/mol. The Labute approximate surface area is 111 Å². The first-order chi connectivity index (χ1) is 8.59. The molecule has 2 unspecified atom stereocenters. The Morgan fingerprint density at radius 3 is 2.83 bits per heavy atom. The van der Waals surface area contributed by atoms with Gasteiger partial charge in [-0.15, -0.1) is 0 Å². The SMILES string of the molecule is CCOCCS(=O)(=O)NCC1NCCCC1CC. The molecule has 0 radical (unpaired) electrons. The number of piperidine rings is 1. The largest absolute Gasteiger partial charge is 0.381 e. The van der Waals surface area contributed by atoms with Gasteiger partial charge in [-0.25, -0.2) is 13.1 Å². The monoisotopic (exact) mass is 278 g/mol. The van der Waals surface area contributed by atoms with Gasteiger partial charge in [0, 0.05) is 19.2 Å². The second-order valence-corrected chi connectivity index (χ2v) is 6.66. The number of nitrogens with one attached hydrogen (secondary N) is 2. The van der Waals surface area contributed by atoms with Crippen molar-refractivity contribution in [2.24, 2.45) is 5.92 Å². The summed E-state index contributed by atoms with van der Waals surface area (Å²) in [5.74, 6) is 0.623. The fourth-order valence-corrected chi connectivity index (χ4v) is 3.26. The molecule has 0 amide bonds. The van der Waals surface area contributed by atoms with Gasteiger partial charge < -0.3 is 10.1 Å². The van der Waals surface area contributed by atoms with Gasteiger partial charge in [0.05, 0.1) is 12.4 Å². The van der Waals surface area contributed by atoms with Crippen molar-refractivity contribution in [2.75, 3.05) is 32.1 Å². The lowest BCUT2D eigenvalue weighted by Gasteiger charge is -2.32. The molecular weight excluding hydrogens is 252 g/mol. The molecule has 1 fully saturated rings. The molecule has 0 bridgehead atoms. The molecule has 18 heavy (non-hydrogen) atoms. The Morgan fingerprint density at radius 1 is 1.39 bits per heavy atom. The van der Waals surface area contributed by atoms with Crippen molar-refractivity contribution in [2.45, 2.75) is 39.2 Å². The molecule has 2 N–H and O–H groups in total. The van der Waals surface area contributed by atoms with Crippen LogP contribution in [0.4, 0.5) is 0 Å². The highest BCUT2D eigenvalue weighted by Gasteiger charge is 2.24. The fraction of sp³-hybridized carbons (Fsp3) is 1.00. The van der Waals surface area contributed by atoms with Crippen molar-refractivity contribution in [1.82, 2.24) is 10.0 Å². The fourth-order valence-electron chi connectivity index (χ4n) is 2.35. The van der Waals surface area contributed by atoms with Gasteiger partial charge in [0.25, 0.3) is 0 Å². The van der Waals surface area contributed by atoms with Crippen molar-refractivity contribution in [3.8, 4) is 0 Å². The number of rotatable bonds is 8. The number of hydrogen-bond acceptors (Lipinski definition) is 4. The van der Waals surface area contributed by atoms with E-state index in [1.165, 1.54) is 12.8 Å². The second-order valence-electron chi connectivity index (χ2n) is 4.74. The number of hydrogen-bond donors (Lipinski definition) is 2. The highest BCUT2D eigenvalue weighted by molar-refractivity contribution is 7.89. The van der Waals surface area contributed by atoms with E-state index in [4.69, 9.17) is 4.74 Å². The van der Waals surface area contributed by atoms with E-state index in [9.17, 15) is 8.42 Å². The summed E-state index contributed by atoms with van der Waals surface area (Å²) in [6.45, 7) is 6.32. The van der Waals surface area contributed by atoms with Crippen LogP contribution >= 0.6 is 0 Å². The van der Waals surface area contributed by atoms with Crippen molar-refractivity contribution in [1.29, 1.82) is 0 Å².